The van der Waals surface area contributed by atoms with Crippen molar-refractivity contribution < 1.29 is 19.2 Å². The SMILES string of the molecule is C=O.CC.CC.CC.CC.CC(=O)CCCCc1sc2c(c1C(=O)NCCN(C)C)CCN(C)C2.CCCCCCC/C=C\CCCCCCCC=O. The molecule has 53 heavy (non-hydrogen) atoms. The highest BCUT2D eigenvalue weighted by atomic mass is 32.1. The fraction of sp³-hybridized carbons (Fsp3) is 0.778. The number of unbranched alkanes of at least 4 members (excludes halogenated alkanes) is 12. The third kappa shape index (κ3) is 37.9. The largest absolute Gasteiger partial charge is 0.351 e. The van der Waals surface area contributed by atoms with Gasteiger partial charge in [0.15, 0.2) is 0 Å². The van der Waals surface area contributed by atoms with Gasteiger partial charge in [0.2, 0.25) is 0 Å². The summed E-state index contributed by atoms with van der Waals surface area (Å²) in [7, 11) is 6.15. The van der Waals surface area contributed by atoms with Crippen LogP contribution in [0.5, 0.6) is 0 Å². The maximum absolute atomic E-state index is 12.8. The highest BCUT2D eigenvalue weighted by Gasteiger charge is 2.26. The van der Waals surface area contributed by atoms with Crippen molar-refractivity contribution in [3.05, 3.63) is 33.0 Å². The Hall–Kier alpha value is -2.16. The van der Waals surface area contributed by atoms with Crippen molar-refractivity contribution in [2.75, 3.05) is 40.8 Å². The zero-order valence-electron chi connectivity index (χ0n) is 37.4. The number of amides is 1. The Kier molecular flexibility index (Phi) is 56.5. The number of Topliss-reactive ketones (excluding diaryl/α,β-unsaturated/α-hetero) is 1. The lowest BCUT2D eigenvalue weighted by atomic mass is 9.99. The van der Waals surface area contributed by atoms with Gasteiger partial charge in [0.25, 0.3) is 5.91 Å². The molecule has 1 aromatic heterocycles. The van der Waals surface area contributed by atoms with Crippen LogP contribution in [-0.4, -0.2) is 75.3 Å². The zero-order chi connectivity index (χ0) is 41.7. The molecule has 0 spiro atoms. The second-order valence-electron chi connectivity index (χ2n) is 12.4. The lowest BCUT2D eigenvalue weighted by molar-refractivity contribution is -0.117. The van der Waals surface area contributed by atoms with Crippen LogP contribution in [0.4, 0.5) is 0 Å². The summed E-state index contributed by atoms with van der Waals surface area (Å²) in [6, 6.07) is 0. The summed E-state index contributed by atoms with van der Waals surface area (Å²) in [6.07, 6.45) is 26.5. The summed E-state index contributed by atoms with van der Waals surface area (Å²) in [6.45, 7) is 25.4. The molecule has 7 nitrogen and oxygen atoms in total. The molecule has 0 atom stereocenters. The number of nitrogens with one attached hydrogen (secondary N) is 1. The van der Waals surface area contributed by atoms with Gasteiger partial charge in [-0.25, -0.2) is 0 Å². The van der Waals surface area contributed by atoms with E-state index in [9.17, 15) is 14.4 Å². The smallest absolute Gasteiger partial charge is 0.252 e. The number of aryl methyl sites for hydroxylation is 1. The van der Waals surface area contributed by atoms with Crippen molar-refractivity contribution in [1.29, 1.82) is 0 Å². The van der Waals surface area contributed by atoms with Crippen LogP contribution in [-0.2, 0) is 33.8 Å². The normalized spacial score (nSPS) is 11.2. The van der Waals surface area contributed by atoms with Gasteiger partial charge in [-0.2, -0.15) is 0 Å². The Balaban J connectivity index is -0.000000242. The topological polar surface area (TPSA) is 86.8 Å². The second-order valence-corrected chi connectivity index (χ2v) is 13.6. The summed E-state index contributed by atoms with van der Waals surface area (Å²) in [4.78, 5) is 49.0. The van der Waals surface area contributed by atoms with Gasteiger partial charge in [0.05, 0.1) is 5.56 Å². The Labute approximate surface area is 334 Å². The summed E-state index contributed by atoms with van der Waals surface area (Å²) >= 11 is 1.79. The van der Waals surface area contributed by atoms with Gasteiger partial charge in [0.1, 0.15) is 18.9 Å². The van der Waals surface area contributed by atoms with Crippen LogP contribution >= 0.6 is 11.3 Å². The minimum Gasteiger partial charge on any atom is -0.351 e. The number of nitrogens with zero attached hydrogens (tertiary/aromatic N) is 2. The Morgan fingerprint density at radius 3 is 1.79 bits per heavy atom. The molecule has 2 heterocycles. The van der Waals surface area contributed by atoms with E-state index in [1.807, 2.05) is 76.3 Å². The van der Waals surface area contributed by atoms with E-state index < -0.39 is 0 Å². The van der Waals surface area contributed by atoms with Crippen molar-refractivity contribution in [2.45, 2.75) is 191 Å². The summed E-state index contributed by atoms with van der Waals surface area (Å²) in [5.41, 5.74) is 2.18. The Morgan fingerprint density at radius 2 is 1.30 bits per heavy atom. The van der Waals surface area contributed by atoms with E-state index in [-0.39, 0.29) is 11.7 Å². The number of hydrogen-bond acceptors (Lipinski definition) is 7. The number of carbonyl (C=O) groups excluding carboxylic acids is 4. The molecule has 1 aromatic rings. The van der Waals surface area contributed by atoms with Crippen molar-refractivity contribution in [2.24, 2.45) is 0 Å². The predicted octanol–water partition coefficient (Wildman–Crippen LogP) is 12.1. The van der Waals surface area contributed by atoms with Crippen molar-refractivity contribution >= 4 is 36.1 Å². The van der Waals surface area contributed by atoms with Crippen LogP contribution in [0.25, 0.3) is 0 Å². The van der Waals surface area contributed by atoms with E-state index in [1.54, 1.807) is 18.3 Å². The second kappa shape index (κ2) is 49.8. The molecular formula is C45H89N3O4S. The van der Waals surface area contributed by atoms with Gasteiger partial charge in [0, 0.05) is 48.8 Å². The van der Waals surface area contributed by atoms with Crippen LogP contribution in [0, 0.1) is 0 Å². The van der Waals surface area contributed by atoms with Gasteiger partial charge in [-0.05, 0) is 91.4 Å². The van der Waals surface area contributed by atoms with Crippen LogP contribution in [0.2, 0.25) is 0 Å². The predicted molar refractivity (Wildman–Crippen MR) is 237 cm³/mol. The van der Waals surface area contributed by atoms with Crippen LogP contribution in [0.15, 0.2) is 12.2 Å². The molecule has 2 rings (SSSR count). The van der Waals surface area contributed by atoms with Gasteiger partial charge >= 0.3 is 0 Å². The minimum absolute atomic E-state index is 0.0745. The van der Waals surface area contributed by atoms with Crippen molar-refractivity contribution in [3.63, 3.8) is 0 Å². The average molecular weight is 768 g/mol. The maximum Gasteiger partial charge on any atom is 0.252 e. The van der Waals surface area contributed by atoms with Crippen molar-refractivity contribution in [3.8, 4) is 0 Å². The highest BCUT2D eigenvalue weighted by molar-refractivity contribution is 7.12. The van der Waals surface area contributed by atoms with Crippen LogP contribution in [0.1, 0.15) is 198 Å². The third-order valence-electron chi connectivity index (χ3n) is 7.91. The molecule has 8 heteroatoms. The molecule has 1 aliphatic rings. The lowest BCUT2D eigenvalue weighted by Crippen LogP contribution is -2.33. The number of allylic oxidation sites excluding steroid dienone is 2. The molecular weight excluding hydrogens is 679 g/mol. The minimum atomic E-state index is 0.0745. The Morgan fingerprint density at radius 1 is 0.792 bits per heavy atom. The maximum atomic E-state index is 12.8. The molecule has 0 saturated heterocycles. The van der Waals surface area contributed by atoms with Crippen molar-refractivity contribution in [1.82, 2.24) is 15.1 Å². The molecule has 1 N–H and O–H groups in total. The van der Waals surface area contributed by atoms with Crippen LogP contribution < -0.4 is 5.32 Å². The molecule has 0 unspecified atom stereocenters. The molecule has 0 aromatic carbocycles. The number of aldehydes is 1. The first-order valence-corrected chi connectivity index (χ1v) is 22.2. The number of ketones is 1. The molecule has 0 aliphatic carbocycles. The quantitative estimate of drug-likeness (QED) is 0.0678. The van der Waals surface area contributed by atoms with E-state index in [0.29, 0.717) is 13.0 Å². The summed E-state index contributed by atoms with van der Waals surface area (Å²) < 4.78 is 0. The first-order chi connectivity index (χ1) is 25.8. The van der Waals surface area contributed by atoms with Gasteiger partial charge in [-0.15, -0.1) is 11.3 Å². The van der Waals surface area contributed by atoms with E-state index in [4.69, 9.17) is 4.79 Å². The first-order valence-electron chi connectivity index (χ1n) is 21.4. The molecule has 0 bridgehead atoms. The number of carbonyl (C=O) groups is 4. The lowest BCUT2D eigenvalue weighted by Gasteiger charge is -2.22. The number of thiophene rings is 1. The summed E-state index contributed by atoms with van der Waals surface area (Å²) in [5, 5.41) is 3.09. The number of likely N-dealkylation sites (N-methyl/N-ethyl adjacent to an activating group) is 2. The standard InChI is InChI=1S/C19H31N3O2S.C17H32O.4C2H6.CH2O/c1-14(23)7-5-6-8-16-18(19(24)20-10-12-21(2)3)15-9-11-22(4)13-17(15)25-16;1-2-3-4-5-6-7-8-9-10-11-12-13-14-15-16-17-18;5*1-2/h5-13H2,1-4H3,(H,20,24);8-9,17H,2-7,10-16H2,1H3;4*1-2H3;1H2/b;9-8-;;;;;. The fourth-order valence-electron chi connectivity index (χ4n) is 5.29. The van der Waals surface area contributed by atoms with E-state index >= 15 is 0 Å². The van der Waals surface area contributed by atoms with Gasteiger partial charge < -0.3 is 29.5 Å². The number of fused-ring (bicyclic) bond motifs is 1. The molecule has 0 saturated carbocycles. The Bertz CT molecular complexity index is 946. The third-order valence-corrected chi connectivity index (χ3v) is 9.19. The molecule has 1 amide bonds. The highest BCUT2D eigenvalue weighted by Crippen LogP contribution is 2.34. The monoisotopic (exact) mass is 768 g/mol. The van der Waals surface area contributed by atoms with Crippen LogP contribution in [0.3, 0.4) is 0 Å². The van der Waals surface area contributed by atoms with Gasteiger partial charge in [-0.3, -0.25) is 4.79 Å². The van der Waals surface area contributed by atoms with Gasteiger partial charge in [-0.1, -0.05) is 119 Å². The molecule has 1 aliphatic heterocycles. The first kappa shape index (κ1) is 60.1. The van der Waals surface area contributed by atoms with E-state index in [0.717, 1.165) is 70.0 Å². The fourth-order valence-corrected chi connectivity index (χ4v) is 6.76. The average Bonchev–Trinajstić information content (AvgIpc) is 3.55. The summed E-state index contributed by atoms with van der Waals surface area (Å²) in [5.74, 6) is 0.319. The van der Waals surface area contributed by atoms with E-state index in [1.165, 1.54) is 85.9 Å². The molecule has 314 valence electrons. The molecule has 0 radical (unpaired) electrons. The number of hydrogen-bond donors (Lipinski definition) is 1. The number of rotatable bonds is 23. The molecule has 0 fully saturated rings. The van der Waals surface area contributed by atoms with E-state index in [2.05, 4.69) is 41.2 Å². The zero-order valence-corrected chi connectivity index (χ0v) is 38.2.